The van der Waals surface area contributed by atoms with Gasteiger partial charge in [0.2, 0.25) is 0 Å². The SMILES string of the molecule is C[C@H]1OCc2ccccc2[C@@H]1N. The molecular weight excluding hydrogens is 150 g/mol. The van der Waals surface area contributed by atoms with Crippen LogP contribution in [0.15, 0.2) is 24.3 Å². The van der Waals surface area contributed by atoms with Crippen molar-refractivity contribution in [2.75, 3.05) is 0 Å². The molecule has 2 nitrogen and oxygen atoms in total. The Morgan fingerprint density at radius 3 is 3.00 bits per heavy atom. The molecule has 1 aliphatic heterocycles. The number of benzene rings is 1. The third-order valence-electron chi connectivity index (χ3n) is 2.42. The largest absolute Gasteiger partial charge is 0.372 e. The molecule has 1 aromatic carbocycles. The maximum absolute atomic E-state index is 5.96. The average Bonchev–Trinajstić information content (AvgIpc) is 2.12. The van der Waals surface area contributed by atoms with Crippen molar-refractivity contribution in [1.82, 2.24) is 0 Å². The Hall–Kier alpha value is -0.860. The van der Waals surface area contributed by atoms with E-state index >= 15 is 0 Å². The van der Waals surface area contributed by atoms with Crippen LogP contribution < -0.4 is 5.73 Å². The summed E-state index contributed by atoms with van der Waals surface area (Å²) in [6, 6.07) is 8.23. The van der Waals surface area contributed by atoms with Crippen molar-refractivity contribution in [2.45, 2.75) is 25.7 Å². The molecule has 0 unspecified atom stereocenters. The van der Waals surface area contributed by atoms with Crippen molar-refractivity contribution in [3.63, 3.8) is 0 Å². The molecule has 0 fully saturated rings. The molecule has 0 saturated heterocycles. The van der Waals surface area contributed by atoms with Crippen LogP contribution in [0.2, 0.25) is 0 Å². The van der Waals surface area contributed by atoms with E-state index in [-0.39, 0.29) is 12.1 Å². The van der Waals surface area contributed by atoms with E-state index in [4.69, 9.17) is 10.5 Å². The van der Waals surface area contributed by atoms with Gasteiger partial charge >= 0.3 is 0 Å². The van der Waals surface area contributed by atoms with Gasteiger partial charge in [0.05, 0.1) is 18.8 Å². The standard InChI is InChI=1S/C10H13NO/c1-7-10(11)9-5-3-2-4-8(9)6-12-7/h2-5,7,10H,6,11H2,1H3/t7-,10-/m1/s1. The molecule has 0 aliphatic carbocycles. The molecule has 0 saturated carbocycles. The molecule has 2 atom stereocenters. The fraction of sp³-hybridized carbons (Fsp3) is 0.400. The second-order valence-electron chi connectivity index (χ2n) is 3.24. The first-order valence-corrected chi connectivity index (χ1v) is 4.24. The van der Waals surface area contributed by atoms with Gasteiger partial charge in [-0.3, -0.25) is 0 Å². The van der Waals surface area contributed by atoms with Gasteiger partial charge in [0.25, 0.3) is 0 Å². The Morgan fingerprint density at radius 2 is 2.17 bits per heavy atom. The molecule has 1 aliphatic rings. The Labute approximate surface area is 72.3 Å². The lowest BCUT2D eigenvalue weighted by Crippen LogP contribution is -2.31. The number of ether oxygens (including phenoxy) is 1. The monoisotopic (exact) mass is 163 g/mol. The molecule has 1 heterocycles. The number of nitrogens with two attached hydrogens (primary N) is 1. The quantitative estimate of drug-likeness (QED) is 0.630. The van der Waals surface area contributed by atoms with Gasteiger partial charge in [-0.1, -0.05) is 24.3 Å². The van der Waals surface area contributed by atoms with E-state index in [1.807, 2.05) is 19.1 Å². The van der Waals surface area contributed by atoms with Crippen molar-refractivity contribution < 1.29 is 4.74 Å². The molecule has 2 N–H and O–H groups in total. The van der Waals surface area contributed by atoms with E-state index in [9.17, 15) is 0 Å². The van der Waals surface area contributed by atoms with Crippen LogP contribution in [-0.2, 0) is 11.3 Å². The average molecular weight is 163 g/mol. The normalized spacial score (nSPS) is 28.2. The van der Waals surface area contributed by atoms with E-state index in [0.717, 1.165) is 0 Å². The highest BCUT2D eigenvalue weighted by atomic mass is 16.5. The maximum Gasteiger partial charge on any atom is 0.0744 e. The van der Waals surface area contributed by atoms with Gasteiger partial charge in [-0.2, -0.15) is 0 Å². The Morgan fingerprint density at radius 1 is 1.42 bits per heavy atom. The summed E-state index contributed by atoms with van der Waals surface area (Å²) in [4.78, 5) is 0. The summed E-state index contributed by atoms with van der Waals surface area (Å²) in [5.74, 6) is 0. The van der Waals surface area contributed by atoms with Crippen molar-refractivity contribution in [3.05, 3.63) is 35.4 Å². The zero-order valence-corrected chi connectivity index (χ0v) is 7.16. The number of hydrogen-bond acceptors (Lipinski definition) is 2. The third kappa shape index (κ3) is 1.13. The lowest BCUT2D eigenvalue weighted by Gasteiger charge is -2.28. The summed E-state index contributed by atoms with van der Waals surface area (Å²) in [7, 11) is 0. The summed E-state index contributed by atoms with van der Waals surface area (Å²) in [6.45, 7) is 2.71. The highest BCUT2D eigenvalue weighted by molar-refractivity contribution is 5.31. The molecule has 0 radical (unpaired) electrons. The molecule has 12 heavy (non-hydrogen) atoms. The molecule has 2 rings (SSSR count). The first-order valence-electron chi connectivity index (χ1n) is 4.24. The lowest BCUT2D eigenvalue weighted by atomic mass is 9.95. The fourth-order valence-corrected chi connectivity index (χ4v) is 1.57. The minimum absolute atomic E-state index is 0.0370. The van der Waals surface area contributed by atoms with Crippen molar-refractivity contribution in [1.29, 1.82) is 0 Å². The van der Waals surface area contributed by atoms with Gasteiger partial charge in [-0.15, -0.1) is 0 Å². The summed E-state index contributed by atoms with van der Waals surface area (Å²) >= 11 is 0. The summed E-state index contributed by atoms with van der Waals surface area (Å²) < 4.78 is 5.49. The van der Waals surface area contributed by atoms with Gasteiger partial charge in [-0.25, -0.2) is 0 Å². The van der Waals surface area contributed by atoms with E-state index in [0.29, 0.717) is 6.61 Å². The molecule has 0 bridgehead atoms. The zero-order valence-electron chi connectivity index (χ0n) is 7.16. The first-order chi connectivity index (χ1) is 5.79. The van der Waals surface area contributed by atoms with Crippen molar-refractivity contribution >= 4 is 0 Å². The van der Waals surface area contributed by atoms with Crippen LogP contribution >= 0.6 is 0 Å². The smallest absolute Gasteiger partial charge is 0.0744 e. The predicted molar refractivity (Wildman–Crippen MR) is 47.6 cm³/mol. The van der Waals surface area contributed by atoms with Gasteiger partial charge < -0.3 is 10.5 Å². The molecule has 64 valence electrons. The second-order valence-corrected chi connectivity index (χ2v) is 3.24. The minimum atomic E-state index is 0.0370. The van der Waals surface area contributed by atoms with Gasteiger partial charge in [0, 0.05) is 0 Å². The Balaban J connectivity index is 2.42. The third-order valence-corrected chi connectivity index (χ3v) is 2.42. The maximum atomic E-state index is 5.96. The van der Waals surface area contributed by atoms with Gasteiger partial charge in [0.1, 0.15) is 0 Å². The number of rotatable bonds is 0. The highest BCUT2D eigenvalue weighted by Gasteiger charge is 2.22. The Kier molecular flexibility index (Phi) is 1.87. The number of fused-ring (bicyclic) bond motifs is 1. The van der Waals surface area contributed by atoms with Crippen LogP contribution in [0.5, 0.6) is 0 Å². The molecular formula is C10H13NO. The van der Waals surface area contributed by atoms with Crippen molar-refractivity contribution in [3.8, 4) is 0 Å². The van der Waals surface area contributed by atoms with Crippen LogP contribution in [0, 0.1) is 0 Å². The summed E-state index contributed by atoms with van der Waals surface area (Å²) in [6.07, 6.45) is 0.139. The second kappa shape index (κ2) is 2.88. The van der Waals surface area contributed by atoms with E-state index in [2.05, 4.69) is 12.1 Å². The van der Waals surface area contributed by atoms with E-state index < -0.39 is 0 Å². The lowest BCUT2D eigenvalue weighted by molar-refractivity contribution is 0.0214. The van der Waals surface area contributed by atoms with E-state index in [1.54, 1.807) is 0 Å². The molecule has 0 amide bonds. The highest BCUT2D eigenvalue weighted by Crippen LogP contribution is 2.26. The summed E-state index contributed by atoms with van der Waals surface area (Å²) in [5.41, 5.74) is 8.42. The molecule has 0 spiro atoms. The van der Waals surface area contributed by atoms with Crippen LogP contribution in [-0.4, -0.2) is 6.10 Å². The van der Waals surface area contributed by atoms with Crippen LogP contribution in [0.25, 0.3) is 0 Å². The van der Waals surface area contributed by atoms with Crippen molar-refractivity contribution in [2.24, 2.45) is 5.73 Å². The molecule has 2 heteroatoms. The van der Waals surface area contributed by atoms with Gasteiger partial charge in [0.15, 0.2) is 0 Å². The topological polar surface area (TPSA) is 35.2 Å². The van der Waals surface area contributed by atoms with Crippen LogP contribution in [0.3, 0.4) is 0 Å². The first kappa shape index (κ1) is 7.77. The molecule has 0 aromatic heterocycles. The van der Waals surface area contributed by atoms with Crippen LogP contribution in [0.1, 0.15) is 24.1 Å². The van der Waals surface area contributed by atoms with Gasteiger partial charge in [-0.05, 0) is 18.1 Å². The Bertz CT molecular complexity index is 285. The fourth-order valence-electron chi connectivity index (χ4n) is 1.57. The predicted octanol–water partition coefficient (Wildman–Crippen LogP) is 1.61. The minimum Gasteiger partial charge on any atom is -0.372 e. The number of hydrogen-bond donors (Lipinski definition) is 1. The summed E-state index contributed by atoms with van der Waals surface area (Å²) in [5, 5.41) is 0. The zero-order chi connectivity index (χ0) is 8.55. The van der Waals surface area contributed by atoms with Crippen LogP contribution in [0.4, 0.5) is 0 Å². The van der Waals surface area contributed by atoms with E-state index in [1.165, 1.54) is 11.1 Å². The molecule has 1 aromatic rings.